The number of nitrogens with one attached hydrogen (secondary N) is 1. The van der Waals surface area contributed by atoms with Gasteiger partial charge in [-0.3, -0.25) is 9.59 Å². The molecule has 132 valence electrons. The number of nitrogens with zero attached hydrogens (tertiary/aromatic N) is 1. The van der Waals surface area contributed by atoms with Crippen molar-refractivity contribution >= 4 is 11.8 Å². The van der Waals surface area contributed by atoms with Crippen LogP contribution in [0.4, 0.5) is 4.39 Å². The normalized spacial score (nSPS) is 10.2. The fraction of sp³-hybridized carbons (Fsp3) is 0.263. The lowest BCUT2D eigenvalue weighted by Crippen LogP contribution is -2.39. The second-order valence-electron chi connectivity index (χ2n) is 5.62. The minimum Gasteiger partial charge on any atom is -0.492 e. The zero-order valence-electron chi connectivity index (χ0n) is 14.3. The van der Waals surface area contributed by atoms with Crippen molar-refractivity contribution in [3.05, 3.63) is 65.5 Å². The monoisotopic (exact) mass is 344 g/mol. The van der Waals surface area contributed by atoms with Crippen molar-refractivity contribution in [2.24, 2.45) is 0 Å². The van der Waals surface area contributed by atoms with Crippen LogP contribution < -0.4 is 10.1 Å². The highest BCUT2D eigenvalue weighted by Crippen LogP contribution is 2.10. The second-order valence-corrected chi connectivity index (χ2v) is 5.62. The van der Waals surface area contributed by atoms with Crippen LogP contribution >= 0.6 is 0 Å². The second kappa shape index (κ2) is 8.82. The lowest BCUT2D eigenvalue weighted by molar-refractivity contribution is -0.129. The highest BCUT2D eigenvalue weighted by Gasteiger charge is 2.12. The van der Waals surface area contributed by atoms with Crippen LogP contribution in [0.3, 0.4) is 0 Å². The molecule has 0 atom stereocenters. The number of rotatable bonds is 7. The predicted octanol–water partition coefficient (Wildman–Crippen LogP) is 2.40. The van der Waals surface area contributed by atoms with E-state index in [0.29, 0.717) is 17.9 Å². The van der Waals surface area contributed by atoms with Gasteiger partial charge in [0, 0.05) is 12.6 Å². The summed E-state index contributed by atoms with van der Waals surface area (Å²) in [6, 6.07) is 12.9. The summed E-state index contributed by atoms with van der Waals surface area (Å²) >= 11 is 0. The first-order valence-corrected chi connectivity index (χ1v) is 7.93. The lowest BCUT2D eigenvalue weighted by atomic mass is 10.1. The summed E-state index contributed by atoms with van der Waals surface area (Å²) in [6.45, 7) is 2.39. The van der Waals surface area contributed by atoms with Gasteiger partial charge in [0.05, 0.1) is 13.1 Å². The fourth-order valence-corrected chi connectivity index (χ4v) is 2.17. The third-order valence-electron chi connectivity index (χ3n) is 3.72. The van der Waals surface area contributed by atoms with Gasteiger partial charge in [-0.1, -0.05) is 18.2 Å². The smallest absolute Gasteiger partial charge is 0.251 e. The molecule has 0 fully saturated rings. The quantitative estimate of drug-likeness (QED) is 0.839. The summed E-state index contributed by atoms with van der Waals surface area (Å²) in [5, 5.41) is 2.62. The van der Waals surface area contributed by atoms with Gasteiger partial charge in [0.1, 0.15) is 18.2 Å². The number of carbonyl (C=O) groups is 2. The van der Waals surface area contributed by atoms with Crippen LogP contribution in [-0.4, -0.2) is 43.5 Å². The van der Waals surface area contributed by atoms with Gasteiger partial charge in [0.25, 0.3) is 5.91 Å². The first-order chi connectivity index (χ1) is 12.0. The van der Waals surface area contributed by atoms with Crippen molar-refractivity contribution in [1.82, 2.24) is 10.2 Å². The van der Waals surface area contributed by atoms with Crippen molar-refractivity contribution in [1.29, 1.82) is 0 Å². The zero-order chi connectivity index (χ0) is 18.2. The maximum atomic E-state index is 12.8. The molecule has 0 saturated carbocycles. The number of aryl methyl sites for hydroxylation is 1. The molecule has 0 aromatic heterocycles. The Morgan fingerprint density at radius 3 is 2.48 bits per heavy atom. The molecule has 0 aliphatic carbocycles. The van der Waals surface area contributed by atoms with Crippen LogP contribution in [0.2, 0.25) is 0 Å². The molecule has 25 heavy (non-hydrogen) atoms. The number of likely N-dealkylation sites (N-methyl/N-ethyl adjacent to an activating group) is 1. The SMILES string of the molecule is Cc1ccccc1C(=O)NCC(=O)N(C)CCOc1ccc(F)cc1. The Morgan fingerprint density at radius 2 is 1.80 bits per heavy atom. The van der Waals surface area contributed by atoms with Gasteiger partial charge in [-0.15, -0.1) is 0 Å². The fourth-order valence-electron chi connectivity index (χ4n) is 2.17. The minimum atomic E-state index is -0.330. The molecule has 0 aliphatic rings. The molecule has 0 aliphatic heterocycles. The molecule has 0 saturated heterocycles. The number of amides is 2. The van der Waals surface area contributed by atoms with E-state index in [4.69, 9.17) is 4.74 Å². The van der Waals surface area contributed by atoms with E-state index in [1.807, 2.05) is 19.1 Å². The zero-order valence-corrected chi connectivity index (χ0v) is 14.3. The molecule has 0 spiro atoms. The van der Waals surface area contributed by atoms with E-state index in [2.05, 4.69) is 5.32 Å². The Morgan fingerprint density at radius 1 is 1.12 bits per heavy atom. The van der Waals surface area contributed by atoms with Crippen molar-refractivity contribution < 1.29 is 18.7 Å². The molecule has 5 nitrogen and oxygen atoms in total. The summed E-state index contributed by atoms with van der Waals surface area (Å²) in [5.74, 6) is -0.286. The number of ether oxygens (including phenoxy) is 1. The van der Waals surface area contributed by atoms with E-state index in [1.54, 1.807) is 19.2 Å². The molecule has 1 N–H and O–H groups in total. The van der Waals surface area contributed by atoms with E-state index in [0.717, 1.165) is 5.56 Å². The van der Waals surface area contributed by atoms with Gasteiger partial charge in [-0.25, -0.2) is 4.39 Å². The van der Waals surface area contributed by atoms with Crippen LogP contribution in [-0.2, 0) is 4.79 Å². The molecule has 0 unspecified atom stereocenters. The molecule has 6 heteroatoms. The van der Waals surface area contributed by atoms with Crippen molar-refractivity contribution in [2.75, 3.05) is 26.7 Å². The van der Waals surface area contributed by atoms with E-state index in [1.165, 1.54) is 29.2 Å². The van der Waals surface area contributed by atoms with Gasteiger partial charge >= 0.3 is 0 Å². The molecule has 0 bridgehead atoms. The van der Waals surface area contributed by atoms with Gasteiger partial charge in [-0.2, -0.15) is 0 Å². The predicted molar refractivity (Wildman–Crippen MR) is 93.0 cm³/mol. The minimum absolute atomic E-state index is 0.0831. The van der Waals surface area contributed by atoms with Crippen LogP contribution in [0, 0.1) is 12.7 Å². The van der Waals surface area contributed by atoms with Crippen molar-refractivity contribution in [3.63, 3.8) is 0 Å². The van der Waals surface area contributed by atoms with E-state index < -0.39 is 0 Å². The first-order valence-electron chi connectivity index (χ1n) is 7.93. The van der Waals surface area contributed by atoms with Crippen molar-refractivity contribution in [2.45, 2.75) is 6.92 Å². The van der Waals surface area contributed by atoms with Gasteiger partial charge in [-0.05, 0) is 42.8 Å². The summed E-state index contributed by atoms with van der Waals surface area (Å²) in [4.78, 5) is 25.6. The number of hydrogen-bond donors (Lipinski definition) is 1. The molecule has 0 radical (unpaired) electrons. The number of carbonyl (C=O) groups excluding carboxylic acids is 2. The van der Waals surface area contributed by atoms with Crippen molar-refractivity contribution in [3.8, 4) is 5.75 Å². The standard InChI is InChI=1S/C19H21FN2O3/c1-14-5-3-4-6-17(14)19(24)21-13-18(23)22(2)11-12-25-16-9-7-15(20)8-10-16/h3-10H,11-13H2,1-2H3,(H,21,24). The van der Waals surface area contributed by atoms with Crippen LogP contribution in [0.25, 0.3) is 0 Å². The molecular formula is C19H21FN2O3. The summed E-state index contributed by atoms with van der Waals surface area (Å²) in [7, 11) is 1.64. The van der Waals surface area contributed by atoms with Gasteiger partial charge < -0.3 is 15.0 Å². The number of halogens is 1. The molecular weight excluding hydrogens is 323 g/mol. The Bertz CT molecular complexity index is 732. The highest BCUT2D eigenvalue weighted by molar-refractivity contribution is 5.97. The first kappa shape index (κ1) is 18.4. The van der Waals surface area contributed by atoms with Gasteiger partial charge in [0.15, 0.2) is 0 Å². The number of hydrogen-bond acceptors (Lipinski definition) is 3. The van der Waals surface area contributed by atoms with Crippen LogP contribution in [0.1, 0.15) is 15.9 Å². The molecule has 2 rings (SSSR count). The average Bonchev–Trinajstić information content (AvgIpc) is 2.61. The van der Waals surface area contributed by atoms with E-state index >= 15 is 0 Å². The number of benzene rings is 2. The molecule has 0 heterocycles. The maximum Gasteiger partial charge on any atom is 0.251 e. The third-order valence-corrected chi connectivity index (χ3v) is 3.72. The topological polar surface area (TPSA) is 58.6 Å². The van der Waals surface area contributed by atoms with E-state index in [-0.39, 0.29) is 30.8 Å². The van der Waals surface area contributed by atoms with Crippen LogP contribution in [0.15, 0.2) is 48.5 Å². The third kappa shape index (κ3) is 5.60. The lowest BCUT2D eigenvalue weighted by Gasteiger charge is -2.18. The van der Waals surface area contributed by atoms with Crippen LogP contribution in [0.5, 0.6) is 5.75 Å². The Hall–Kier alpha value is -2.89. The Labute approximate surface area is 146 Å². The van der Waals surface area contributed by atoms with E-state index in [9.17, 15) is 14.0 Å². The summed E-state index contributed by atoms with van der Waals surface area (Å²) in [6.07, 6.45) is 0. The average molecular weight is 344 g/mol. The molecule has 2 amide bonds. The summed E-state index contributed by atoms with van der Waals surface area (Å²) in [5.41, 5.74) is 1.41. The maximum absolute atomic E-state index is 12.8. The summed E-state index contributed by atoms with van der Waals surface area (Å²) < 4.78 is 18.2. The van der Waals surface area contributed by atoms with Gasteiger partial charge in [0.2, 0.25) is 5.91 Å². The Balaban J connectivity index is 1.73. The molecule has 2 aromatic carbocycles. The largest absolute Gasteiger partial charge is 0.492 e. The highest BCUT2D eigenvalue weighted by atomic mass is 19.1. The Kier molecular flexibility index (Phi) is 6.51. The molecule has 2 aromatic rings.